The first kappa shape index (κ1) is 9.09. The Morgan fingerprint density at radius 2 is 1.78 bits per heavy atom. The Labute approximate surface area is 69.4 Å². The molecule has 0 saturated heterocycles. The fourth-order valence-corrected chi connectivity index (χ4v) is 0.414. The lowest BCUT2D eigenvalue weighted by Crippen LogP contribution is -1.61. The molecule has 0 rings (SSSR count). The van der Waals surface area contributed by atoms with Gasteiger partial charge in [-0.15, -0.1) is 0 Å². The quantitative estimate of drug-likeness (QED) is 0.574. The van der Waals surface area contributed by atoms with E-state index in [1.54, 1.807) is 18.2 Å². The summed E-state index contributed by atoms with van der Waals surface area (Å²) < 4.78 is 0.0646. The summed E-state index contributed by atoms with van der Waals surface area (Å²) in [4.78, 5) is 0. The largest absolute Gasteiger partial charge is 0.125 e. The molecule has 0 N–H and O–H groups in total. The van der Waals surface area contributed by atoms with Crippen LogP contribution in [0, 0.1) is 0 Å². The van der Waals surface area contributed by atoms with Gasteiger partial charge in [0.25, 0.3) is 0 Å². The number of rotatable bonds is 2. The standard InChI is InChI=1S/C6H5Cl3/c1-2-3-4-5(7)6(8)9/h2-4H,1H2/b4-3+. The summed E-state index contributed by atoms with van der Waals surface area (Å²) in [5, 5.41) is 0.318. The molecule has 0 bridgehead atoms. The molecule has 0 spiro atoms. The van der Waals surface area contributed by atoms with Gasteiger partial charge in [-0.25, -0.2) is 0 Å². The van der Waals surface area contributed by atoms with Gasteiger partial charge < -0.3 is 0 Å². The Morgan fingerprint density at radius 3 is 2.11 bits per heavy atom. The minimum Gasteiger partial charge on any atom is -0.0991 e. The van der Waals surface area contributed by atoms with Gasteiger partial charge in [-0.2, -0.15) is 0 Å². The Kier molecular flexibility index (Phi) is 4.97. The van der Waals surface area contributed by atoms with Gasteiger partial charge in [0.1, 0.15) is 4.49 Å². The number of allylic oxidation sites excluding steroid dienone is 4. The highest BCUT2D eigenvalue weighted by atomic mass is 35.5. The lowest BCUT2D eigenvalue weighted by molar-refractivity contribution is 1.88. The van der Waals surface area contributed by atoms with Gasteiger partial charge in [0.05, 0.1) is 5.03 Å². The van der Waals surface area contributed by atoms with E-state index in [1.807, 2.05) is 0 Å². The minimum atomic E-state index is 0.0646. The number of hydrogen-bond acceptors (Lipinski definition) is 0. The molecule has 0 aliphatic carbocycles. The molecule has 0 heterocycles. The maximum Gasteiger partial charge on any atom is 0.125 e. The smallest absolute Gasteiger partial charge is 0.0991 e. The average Bonchev–Trinajstić information content (AvgIpc) is 1.82. The molecule has 0 saturated carbocycles. The lowest BCUT2D eigenvalue weighted by atomic mass is 10.5. The van der Waals surface area contributed by atoms with Gasteiger partial charge >= 0.3 is 0 Å². The Morgan fingerprint density at radius 1 is 1.22 bits per heavy atom. The van der Waals surface area contributed by atoms with Crippen LogP contribution in [0.5, 0.6) is 0 Å². The van der Waals surface area contributed by atoms with Gasteiger partial charge in [-0.3, -0.25) is 0 Å². The second kappa shape index (κ2) is 4.92. The van der Waals surface area contributed by atoms with Crippen LogP contribution in [-0.4, -0.2) is 0 Å². The lowest BCUT2D eigenvalue weighted by Gasteiger charge is -1.84. The summed E-state index contributed by atoms with van der Waals surface area (Å²) in [6.45, 7) is 3.44. The zero-order valence-electron chi connectivity index (χ0n) is 4.57. The molecular formula is C6H5Cl3. The first-order valence-electron chi connectivity index (χ1n) is 2.18. The fraction of sp³-hybridized carbons (Fsp3) is 0. The summed E-state index contributed by atoms with van der Waals surface area (Å²) in [5.74, 6) is 0. The predicted molar refractivity (Wildman–Crippen MR) is 43.9 cm³/mol. The van der Waals surface area contributed by atoms with E-state index in [0.717, 1.165) is 0 Å². The fourth-order valence-electron chi connectivity index (χ4n) is 0.216. The van der Waals surface area contributed by atoms with Crippen LogP contribution in [-0.2, 0) is 0 Å². The molecule has 0 amide bonds. The average molecular weight is 183 g/mol. The second-order valence-corrected chi connectivity index (χ2v) is 2.56. The molecule has 0 fully saturated rings. The van der Waals surface area contributed by atoms with Crippen molar-refractivity contribution in [2.45, 2.75) is 0 Å². The molecule has 0 aromatic heterocycles. The molecule has 0 aromatic rings. The van der Waals surface area contributed by atoms with Crippen molar-refractivity contribution in [2.24, 2.45) is 0 Å². The van der Waals surface area contributed by atoms with Crippen molar-refractivity contribution in [2.75, 3.05) is 0 Å². The third-order valence-corrected chi connectivity index (χ3v) is 1.47. The van der Waals surface area contributed by atoms with E-state index in [-0.39, 0.29) is 4.49 Å². The van der Waals surface area contributed by atoms with Gasteiger partial charge in [0.15, 0.2) is 0 Å². The van der Waals surface area contributed by atoms with Crippen LogP contribution in [0.1, 0.15) is 0 Å². The Bertz CT molecular complexity index is 152. The summed E-state index contributed by atoms with van der Waals surface area (Å²) in [7, 11) is 0. The van der Waals surface area contributed by atoms with E-state index < -0.39 is 0 Å². The van der Waals surface area contributed by atoms with E-state index in [0.29, 0.717) is 5.03 Å². The summed E-state index contributed by atoms with van der Waals surface area (Å²) in [6, 6.07) is 0. The van der Waals surface area contributed by atoms with E-state index in [1.165, 1.54) is 0 Å². The Hall–Kier alpha value is 0.0900. The zero-order chi connectivity index (χ0) is 7.28. The summed E-state index contributed by atoms with van der Waals surface area (Å²) >= 11 is 16.1. The van der Waals surface area contributed by atoms with Crippen molar-refractivity contribution in [3.8, 4) is 0 Å². The molecular weight excluding hydrogens is 178 g/mol. The third kappa shape index (κ3) is 4.58. The molecule has 50 valence electrons. The van der Waals surface area contributed by atoms with Crippen molar-refractivity contribution in [1.82, 2.24) is 0 Å². The summed E-state index contributed by atoms with van der Waals surface area (Å²) in [6.07, 6.45) is 4.79. The molecule has 0 aromatic carbocycles. The van der Waals surface area contributed by atoms with E-state index in [2.05, 4.69) is 6.58 Å². The van der Waals surface area contributed by atoms with Crippen molar-refractivity contribution >= 4 is 34.8 Å². The maximum atomic E-state index is 5.48. The topological polar surface area (TPSA) is 0 Å². The second-order valence-electron chi connectivity index (χ2n) is 1.20. The number of halogens is 3. The Balaban J connectivity index is 4.06. The van der Waals surface area contributed by atoms with Crippen LogP contribution in [0.25, 0.3) is 0 Å². The molecule has 0 unspecified atom stereocenters. The minimum absolute atomic E-state index is 0.0646. The first-order chi connectivity index (χ1) is 4.18. The third-order valence-electron chi connectivity index (χ3n) is 0.559. The molecule has 0 atom stereocenters. The number of hydrogen-bond donors (Lipinski definition) is 0. The van der Waals surface area contributed by atoms with Crippen molar-refractivity contribution in [1.29, 1.82) is 0 Å². The predicted octanol–water partition coefficient (Wildman–Crippen LogP) is 3.61. The van der Waals surface area contributed by atoms with Gasteiger partial charge in [0.2, 0.25) is 0 Å². The highest BCUT2D eigenvalue weighted by Crippen LogP contribution is 2.18. The molecule has 9 heavy (non-hydrogen) atoms. The van der Waals surface area contributed by atoms with Crippen molar-refractivity contribution in [3.05, 3.63) is 34.3 Å². The van der Waals surface area contributed by atoms with Gasteiger partial charge in [0, 0.05) is 0 Å². The van der Waals surface area contributed by atoms with E-state index >= 15 is 0 Å². The van der Waals surface area contributed by atoms with Crippen LogP contribution in [0.15, 0.2) is 34.3 Å². The van der Waals surface area contributed by atoms with Crippen LogP contribution >= 0.6 is 34.8 Å². The molecule has 3 heteroatoms. The van der Waals surface area contributed by atoms with Crippen molar-refractivity contribution in [3.63, 3.8) is 0 Å². The highest BCUT2D eigenvalue weighted by molar-refractivity contribution is 6.59. The van der Waals surface area contributed by atoms with E-state index in [4.69, 9.17) is 34.8 Å². The highest BCUT2D eigenvalue weighted by Gasteiger charge is 1.89. The molecule has 0 nitrogen and oxygen atoms in total. The maximum absolute atomic E-state index is 5.48. The first-order valence-corrected chi connectivity index (χ1v) is 3.31. The molecule has 0 radical (unpaired) electrons. The molecule has 0 aliphatic heterocycles. The van der Waals surface area contributed by atoms with Gasteiger partial charge in [-0.05, 0) is 6.08 Å². The van der Waals surface area contributed by atoms with Crippen molar-refractivity contribution < 1.29 is 0 Å². The van der Waals surface area contributed by atoms with Crippen LogP contribution in [0.3, 0.4) is 0 Å². The van der Waals surface area contributed by atoms with Crippen LogP contribution in [0.4, 0.5) is 0 Å². The normalized spacial score (nSPS) is 9.67. The molecule has 0 aliphatic rings. The zero-order valence-corrected chi connectivity index (χ0v) is 6.84. The van der Waals surface area contributed by atoms with Crippen LogP contribution in [0.2, 0.25) is 0 Å². The van der Waals surface area contributed by atoms with Gasteiger partial charge in [-0.1, -0.05) is 53.5 Å². The van der Waals surface area contributed by atoms with Crippen LogP contribution < -0.4 is 0 Å². The SMILES string of the molecule is C=C/C=C/C(Cl)=C(Cl)Cl. The van der Waals surface area contributed by atoms with E-state index in [9.17, 15) is 0 Å². The monoisotopic (exact) mass is 182 g/mol. The summed E-state index contributed by atoms with van der Waals surface area (Å²) in [5.41, 5.74) is 0.